The molecule has 0 aliphatic carbocycles. The van der Waals surface area contributed by atoms with Crippen LogP contribution >= 0.6 is 0 Å². The summed E-state index contributed by atoms with van der Waals surface area (Å²) >= 11 is 0. The monoisotopic (exact) mass is 400 g/mol. The Hall–Kier alpha value is -4.00. The van der Waals surface area contributed by atoms with Crippen molar-refractivity contribution in [2.45, 2.75) is 0 Å². The quantitative estimate of drug-likeness (QED) is 0.436. The lowest BCUT2D eigenvalue weighted by atomic mass is 10.1. The van der Waals surface area contributed by atoms with Gasteiger partial charge >= 0.3 is 0 Å². The summed E-state index contributed by atoms with van der Waals surface area (Å²) in [5.74, 6) is 0.463. The van der Waals surface area contributed by atoms with E-state index in [-0.39, 0.29) is 22.5 Å². The minimum atomic E-state index is 0. The summed E-state index contributed by atoms with van der Waals surface area (Å²) in [5.41, 5.74) is 5.21. The summed E-state index contributed by atoms with van der Waals surface area (Å²) < 4.78 is 0. The Morgan fingerprint density at radius 1 is 0.433 bits per heavy atom. The van der Waals surface area contributed by atoms with Gasteiger partial charge in [0.15, 0.2) is 0 Å². The van der Waals surface area contributed by atoms with Crippen molar-refractivity contribution in [2.24, 2.45) is 0 Å². The number of nitrogens with zero attached hydrogens (tertiary/aromatic N) is 2. The first-order valence-corrected chi connectivity index (χ1v) is 8.97. The molecule has 2 aromatic heterocycles. The van der Waals surface area contributed by atoms with Crippen LogP contribution in [0.1, 0.15) is 0 Å². The van der Waals surface area contributed by atoms with Crippen LogP contribution in [0.3, 0.4) is 0 Å². The van der Waals surface area contributed by atoms with Gasteiger partial charge in [-0.05, 0) is 60.7 Å². The van der Waals surface area contributed by atoms with Gasteiger partial charge in [0.25, 0.3) is 0 Å². The van der Waals surface area contributed by atoms with E-state index in [4.69, 9.17) is 9.97 Å². The van der Waals surface area contributed by atoms with Crippen LogP contribution in [-0.2, 0) is 0 Å². The zero-order chi connectivity index (χ0) is 19.1. The first-order valence-electron chi connectivity index (χ1n) is 8.97. The van der Waals surface area contributed by atoms with E-state index in [2.05, 4.69) is 0 Å². The summed E-state index contributed by atoms with van der Waals surface area (Å²) in [6.45, 7) is 0. The molecule has 5 rings (SSSR count). The van der Waals surface area contributed by atoms with Crippen LogP contribution in [-0.4, -0.2) is 31.1 Å². The van der Waals surface area contributed by atoms with E-state index in [1.165, 1.54) is 0 Å². The van der Waals surface area contributed by atoms with Gasteiger partial charge in [-0.25, -0.2) is 9.97 Å². The van der Waals surface area contributed by atoms with Crippen molar-refractivity contribution in [1.82, 2.24) is 9.97 Å². The molecule has 0 aliphatic rings. The molecule has 6 nitrogen and oxygen atoms in total. The third-order valence-electron chi connectivity index (χ3n) is 4.85. The molecule has 2 heterocycles. The summed E-state index contributed by atoms with van der Waals surface area (Å²) in [6.07, 6.45) is 0. The van der Waals surface area contributed by atoms with Gasteiger partial charge < -0.3 is 21.2 Å². The number of phenols is 2. The molecule has 0 bridgehead atoms. The topological polar surface area (TPSA) is 129 Å². The van der Waals surface area contributed by atoms with Gasteiger partial charge in [0.1, 0.15) is 11.5 Å². The number of benzene rings is 3. The second kappa shape index (κ2) is 8.16. The van der Waals surface area contributed by atoms with Crippen LogP contribution in [0.5, 0.6) is 11.5 Å². The SMILES string of the molecule is O.O.Oc1ccc(-c2ccc3ccc4ccc(-c5ccc(O)cc5)nc4c3n2)cc1. The molecule has 30 heavy (non-hydrogen) atoms. The van der Waals surface area contributed by atoms with Crippen LogP contribution in [0.25, 0.3) is 44.3 Å². The third kappa shape index (κ3) is 3.65. The molecular formula is C24H20N2O4. The van der Waals surface area contributed by atoms with Gasteiger partial charge in [-0.1, -0.05) is 24.3 Å². The number of aromatic hydroxyl groups is 2. The highest BCUT2D eigenvalue weighted by Crippen LogP contribution is 2.29. The summed E-state index contributed by atoms with van der Waals surface area (Å²) in [4.78, 5) is 9.74. The molecule has 0 spiro atoms. The van der Waals surface area contributed by atoms with Crippen molar-refractivity contribution in [2.75, 3.05) is 0 Å². The van der Waals surface area contributed by atoms with Crippen molar-refractivity contribution in [3.05, 3.63) is 84.9 Å². The minimum absolute atomic E-state index is 0. The molecule has 6 N–H and O–H groups in total. The van der Waals surface area contributed by atoms with E-state index < -0.39 is 0 Å². The number of hydrogen-bond donors (Lipinski definition) is 2. The average Bonchev–Trinajstić information content (AvgIpc) is 2.74. The molecule has 0 atom stereocenters. The number of hydrogen-bond acceptors (Lipinski definition) is 4. The van der Waals surface area contributed by atoms with Gasteiger partial charge in [0.2, 0.25) is 0 Å². The minimum Gasteiger partial charge on any atom is -0.508 e. The summed E-state index contributed by atoms with van der Waals surface area (Å²) in [6, 6.07) is 26.2. The van der Waals surface area contributed by atoms with Crippen LogP contribution < -0.4 is 0 Å². The lowest BCUT2D eigenvalue weighted by Crippen LogP contribution is -1.90. The third-order valence-corrected chi connectivity index (χ3v) is 4.85. The van der Waals surface area contributed by atoms with Gasteiger partial charge in [0.05, 0.1) is 22.4 Å². The Kier molecular flexibility index (Phi) is 5.64. The van der Waals surface area contributed by atoms with Crippen LogP contribution in [0.4, 0.5) is 0 Å². The van der Waals surface area contributed by atoms with Crippen molar-refractivity contribution in [3.63, 3.8) is 0 Å². The predicted molar refractivity (Wildman–Crippen MR) is 118 cm³/mol. The number of pyridine rings is 2. The van der Waals surface area contributed by atoms with Gasteiger partial charge in [-0.2, -0.15) is 0 Å². The number of fused-ring (bicyclic) bond motifs is 3. The fourth-order valence-electron chi connectivity index (χ4n) is 3.35. The van der Waals surface area contributed by atoms with Gasteiger partial charge in [-0.3, -0.25) is 0 Å². The zero-order valence-electron chi connectivity index (χ0n) is 15.9. The standard InChI is InChI=1S/C24H16N2O2.2H2O/c27-19-9-3-15(4-10-19)21-13-7-17-1-2-18-8-14-22(26-24(18)23(17)25-21)16-5-11-20(28)12-6-16;;/h1-14,27-28H;2*1H2. The predicted octanol–water partition coefficient (Wildman–Crippen LogP) is 3.88. The first-order chi connectivity index (χ1) is 13.7. The van der Waals surface area contributed by atoms with Crippen molar-refractivity contribution < 1.29 is 21.2 Å². The lowest BCUT2D eigenvalue weighted by molar-refractivity contribution is 0.475. The van der Waals surface area contributed by atoms with Crippen molar-refractivity contribution >= 4 is 21.8 Å². The van der Waals surface area contributed by atoms with E-state index in [0.717, 1.165) is 44.3 Å². The first kappa shape index (κ1) is 20.7. The van der Waals surface area contributed by atoms with Gasteiger partial charge in [0, 0.05) is 21.9 Å². The zero-order valence-corrected chi connectivity index (χ0v) is 15.9. The molecule has 0 saturated carbocycles. The molecule has 150 valence electrons. The second-order valence-electron chi connectivity index (χ2n) is 6.70. The van der Waals surface area contributed by atoms with E-state index in [1.807, 2.05) is 60.7 Å². The summed E-state index contributed by atoms with van der Waals surface area (Å²) in [7, 11) is 0. The molecule has 0 saturated heterocycles. The molecule has 0 aliphatic heterocycles. The molecule has 0 unspecified atom stereocenters. The maximum absolute atomic E-state index is 9.53. The Morgan fingerprint density at radius 3 is 1.13 bits per heavy atom. The lowest BCUT2D eigenvalue weighted by Gasteiger charge is -2.08. The van der Waals surface area contributed by atoms with E-state index in [9.17, 15) is 10.2 Å². The molecule has 0 amide bonds. The molecule has 3 aromatic carbocycles. The van der Waals surface area contributed by atoms with Crippen molar-refractivity contribution in [3.8, 4) is 34.0 Å². The number of aromatic nitrogens is 2. The maximum Gasteiger partial charge on any atom is 0.115 e. The van der Waals surface area contributed by atoms with Crippen molar-refractivity contribution in [1.29, 1.82) is 0 Å². The highest BCUT2D eigenvalue weighted by Gasteiger charge is 2.09. The largest absolute Gasteiger partial charge is 0.508 e. The Balaban J connectivity index is 0.00000128. The summed E-state index contributed by atoms with van der Waals surface area (Å²) in [5, 5.41) is 21.1. The maximum atomic E-state index is 9.53. The number of phenolic OH excluding ortho intramolecular Hbond substituents is 2. The Labute approximate surface area is 172 Å². The number of rotatable bonds is 2. The normalized spacial score (nSPS) is 10.4. The molecule has 0 fully saturated rings. The smallest absolute Gasteiger partial charge is 0.115 e. The molecule has 0 radical (unpaired) electrons. The second-order valence-corrected chi connectivity index (χ2v) is 6.70. The van der Waals surface area contributed by atoms with E-state index in [0.29, 0.717) is 0 Å². The van der Waals surface area contributed by atoms with Crippen LogP contribution in [0.15, 0.2) is 84.9 Å². The Morgan fingerprint density at radius 2 is 0.767 bits per heavy atom. The Bertz CT molecular complexity index is 1210. The van der Waals surface area contributed by atoms with E-state index >= 15 is 0 Å². The van der Waals surface area contributed by atoms with Crippen LogP contribution in [0, 0.1) is 0 Å². The van der Waals surface area contributed by atoms with Gasteiger partial charge in [-0.15, -0.1) is 0 Å². The fourth-order valence-corrected chi connectivity index (χ4v) is 3.35. The highest BCUT2D eigenvalue weighted by molar-refractivity contribution is 6.04. The molecule has 6 heteroatoms. The highest BCUT2D eigenvalue weighted by atomic mass is 16.3. The van der Waals surface area contributed by atoms with Crippen LogP contribution in [0.2, 0.25) is 0 Å². The fraction of sp³-hybridized carbons (Fsp3) is 0. The van der Waals surface area contributed by atoms with E-state index in [1.54, 1.807) is 24.3 Å². The molecule has 5 aromatic rings. The molecular weight excluding hydrogens is 380 g/mol. The average molecular weight is 400 g/mol.